The van der Waals surface area contributed by atoms with Crippen molar-refractivity contribution >= 4 is 0 Å². The van der Waals surface area contributed by atoms with Gasteiger partial charge in [-0.3, -0.25) is 4.90 Å². The van der Waals surface area contributed by atoms with Crippen molar-refractivity contribution in [2.24, 2.45) is 17.1 Å². The summed E-state index contributed by atoms with van der Waals surface area (Å²) < 4.78 is 0. The van der Waals surface area contributed by atoms with Gasteiger partial charge in [0.1, 0.15) is 0 Å². The van der Waals surface area contributed by atoms with E-state index in [1.54, 1.807) is 0 Å². The molecule has 3 atom stereocenters. The van der Waals surface area contributed by atoms with Crippen molar-refractivity contribution in [2.75, 3.05) is 39.8 Å². The Labute approximate surface area is 119 Å². The number of nitrogens with zero attached hydrogens (tertiary/aromatic N) is 2. The Hall–Kier alpha value is -0.120. The highest BCUT2D eigenvalue weighted by Crippen LogP contribution is 2.39. The van der Waals surface area contributed by atoms with Gasteiger partial charge in [-0.05, 0) is 64.2 Å². The van der Waals surface area contributed by atoms with Crippen LogP contribution in [0.2, 0.25) is 0 Å². The Morgan fingerprint density at radius 2 is 2.00 bits per heavy atom. The van der Waals surface area contributed by atoms with E-state index in [4.69, 9.17) is 5.73 Å². The summed E-state index contributed by atoms with van der Waals surface area (Å²) in [6.45, 7) is 10.6. The molecular weight excluding hydrogens is 234 g/mol. The van der Waals surface area contributed by atoms with Gasteiger partial charge in [0.05, 0.1) is 0 Å². The minimum atomic E-state index is 0.398. The Bertz CT molecular complexity index is 281. The fourth-order valence-corrected chi connectivity index (χ4v) is 4.25. The maximum atomic E-state index is 6.19. The molecule has 0 spiro atoms. The third-order valence-corrected chi connectivity index (χ3v) is 5.34. The lowest BCUT2D eigenvalue weighted by Gasteiger charge is -2.44. The van der Waals surface area contributed by atoms with Crippen LogP contribution in [0.1, 0.15) is 46.0 Å². The summed E-state index contributed by atoms with van der Waals surface area (Å²) in [7, 11) is 2.25. The van der Waals surface area contributed by atoms with E-state index in [-0.39, 0.29) is 0 Å². The summed E-state index contributed by atoms with van der Waals surface area (Å²) in [6.07, 6.45) is 6.76. The first-order valence-electron chi connectivity index (χ1n) is 8.17. The summed E-state index contributed by atoms with van der Waals surface area (Å²) in [5, 5.41) is 0. The number of rotatable bonds is 3. The maximum absolute atomic E-state index is 6.19. The zero-order valence-electron chi connectivity index (χ0n) is 13.2. The lowest BCUT2D eigenvalue weighted by molar-refractivity contribution is 0.0693. The van der Waals surface area contributed by atoms with Crippen LogP contribution in [-0.2, 0) is 0 Å². The monoisotopic (exact) mass is 267 g/mol. The lowest BCUT2D eigenvalue weighted by Crippen LogP contribution is -2.49. The highest BCUT2D eigenvalue weighted by atomic mass is 15.2. The Kier molecular flexibility index (Phi) is 5.27. The minimum Gasteiger partial charge on any atom is -0.330 e. The number of hydrogen-bond acceptors (Lipinski definition) is 3. The number of nitrogens with two attached hydrogens (primary N) is 1. The average Bonchev–Trinajstić information content (AvgIpc) is 2.51. The molecule has 2 N–H and O–H groups in total. The smallest absolute Gasteiger partial charge is 0.0195 e. The van der Waals surface area contributed by atoms with Gasteiger partial charge in [-0.1, -0.05) is 19.8 Å². The molecule has 3 unspecified atom stereocenters. The first kappa shape index (κ1) is 15.3. The molecular formula is C16H33N3. The normalized spacial score (nSPS) is 39.2. The Morgan fingerprint density at radius 3 is 2.68 bits per heavy atom. The van der Waals surface area contributed by atoms with Gasteiger partial charge in [0.25, 0.3) is 0 Å². The van der Waals surface area contributed by atoms with Gasteiger partial charge >= 0.3 is 0 Å². The van der Waals surface area contributed by atoms with Gasteiger partial charge in [0, 0.05) is 19.1 Å². The second-order valence-electron chi connectivity index (χ2n) is 7.34. The van der Waals surface area contributed by atoms with Crippen molar-refractivity contribution in [3.8, 4) is 0 Å². The molecule has 0 radical (unpaired) electrons. The van der Waals surface area contributed by atoms with Gasteiger partial charge in [-0.25, -0.2) is 0 Å². The van der Waals surface area contributed by atoms with E-state index in [1.807, 2.05) is 0 Å². The highest BCUT2D eigenvalue weighted by molar-refractivity contribution is 4.91. The van der Waals surface area contributed by atoms with Crippen LogP contribution in [0.4, 0.5) is 0 Å². The Morgan fingerprint density at radius 1 is 1.21 bits per heavy atom. The largest absolute Gasteiger partial charge is 0.330 e. The molecule has 0 aromatic carbocycles. The zero-order chi connectivity index (χ0) is 13.9. The standard InChI is InChI=1S/C16H33N3/c1-14-6-4-7-16(10-14,12-17)13-19-9-5-8-18(3)11-15(19)2/h14-15H,4-13,17H2,1-3H3. The van der Waals surface area contributed by atoms with Crippen LogP contribution >= 0.6 is 0 Å². The van der Waals surface area contributed by atoms with Crippen LogP contribution in [0.15, 0.2) is 0 Å². The van der Waals surface area contributed by atoms with Gasteiger partial charge in [-0.15, -0.1) is 0 Å². The van der Waals surface area contributed by atoms with Crippen LogP contribution < -0.4 is 5.73 Å². The summed E-state index contributed by atoms with van der Waals surface area (Å²) in [5.41, 5.74) is 6.59. The molecule has 1 saturated carbocycles. The molecule has 3 heteroatoms. The molecule has 1 saturated heterocycles. The molecule has 3 nitrogen and oxygen atoms in total. The molecule has 19 heavy (non-hydrogen) atoms. The lowest BCUT2D eigenvalue weighted by atomic mass is 9.69. The molecule has 1 heterocycles. The number of likely N-dealkylation sites (N-methyl/N-ethyl adjacent to an activating group) is 1. The van der Waals surface area contributed by atoms with Crippen LogP contribution in [0.5, 0.6) is 0 Å². The first-order chi connectivity index (χ1) is 9.04. The van der Waals surface area contributed by atoms with E-state index in [9.17, 15) is 0 Å². The summed E-state index contributed by atoms with van der Waals surface area (Å²) in [6, 6.07) is 0.674. The fourth-order valence-electron chi connectivity index (χ4n) is 4.25. The van der Waals surface area contributed by atoms with Crippen LogP contribution in [0.3, 0.4) is 0 Å². The molecule has 0 aromatic heterocycles. The van der Waals surface area contributed by atoms with Crippen molar-refractivity contribution in [3.05, 3.63) is 0 Å². The second kappa shape index (κ2) is 6.55. The molecule has 0 aromatic rings. The molecule has 1 aliphatic carbocycles. The molecule has 2 rings (SSSR count). The van der Waals surface area contributed by atoms with Gasteiger partial charge in [-0.2, -0.15) is 0 Å². The molecule has 112 valence electrons. The molecule has 0 bridgehead atoms. The second-order valence-corrected chi connectivity index (χ2v) is 7.34. The maximum Gasteiger partial charge on any atom is 0.0195 e. The minimum absolute atomic E-state index is 0.398. The van der Waals surface area contributed by atoms with Gasteiger partial charge in [0.2, 0.25) is 0 Å². The fraction of sp³-hybridized carbons (Fsp3) is 1.00. The van der Waals surface area contributed by atoms with E-state index in [0.29, 0.717) is 11.5 Å². The number of hydrogen-bond donors (Lipinski definition) is 1. The van der Waals surface area contributed by atoms with Crippen molar-refractivity contribution < 1.29 is 0 Å². The quantitative estimate of drug-likeness (QED) is 0.850. The van der Waals surface area contributed by atoms with Crippen LogP contribution in [-0.4, -0.2) is 55.6 Å². The molecule has 0 amide bonds. The Balaban J connectivity index is 2.00. The van der Waals surface area contributed by atoms with Crippen LogP contribution in [0.25, 0.3) is 0 Å². The van der Waals surface area contributed by atoms with Crippen molar-refractivity contribution in [3.63, 3.8) is 0 Å². The van der Waals surface area contributed by atoms with E-state index in [1.165, 1.54) is 58.3 Å². The first-order valence-corrected chi connectivity index (χ1v) is 8.17. The summed E-state index contributed by atoms with van der Waals surface area (Å²) in [5.74, 6) is 0.863. The summed E-state index contributed by atoms with van der Waals surface area (Å²) in [4.78, 5) is 5.19. The van der Waals surface area contributed by atoms with E-state index in [2.05, 4.69) is 30.7 Å². The SMILES string of the molecule is CC1CCCC(CN)(CN2CCCN(C)CC2C)C1. The molecule has 2 aliphatic rings. The van der Waals surface area contributed by atoms with Gasteiger partial charge in [0.15, 0.2) is 0 Å². The van der Waals surface area contributed by atoms with Crippen LogP contribution in [0, 0.1) is 11.3 Å². The van der Waals surface area contributed by atoms with E-state index >= 15 is 0 Å². The zero-order valence-corrected chi connectivity index (χ0v) is 13.2. The third kappa shape index (κ3) is 3.93. The third-order valence-electron chi connectivity index (χ3n) is 5.34. The van der Waals surface area contributed by atoms with Crippen molar-refractivity contribution in [1.29, 1.82) is 0 Å². The van der Waals surface area contributed by atoms with E-state index < -0.39 is 0 Å². The molecule has 1 aliphatic heterocycles. The topological polar surface area (TPSA) is 32.5 Å². The van der Waals surface area contributed by atoms with Gasteiger partial charge < -0.3 is 10.6 Å². The predicted octanol–water partition coefficient (Wildman–Crippen LogP) is 2.17. The average molecular weight is 267 g/mol. The molecule has 2 fully saturated rings. The highest BCUT2D eigenvalue weighted by Gasteiger charge is 2.36. The summed E-state index contributed by atoms with van der Waals surface area (Å²) >= 11 is 0. The predicted molar refractivity (Wildman–Crippen MR) is 82.3 cm³/mol. The van der Waals surface area contributed by atoms with E-state index in [0.717, 1.165) is 12.5 Å². The van der Waals surface area contributed by atoms with Crippen molar-refractivity contribution in [1.82, 2.24) is 9.80 Å². The van der Waals surface area contributed by atoms with Crippen molar-refractivity contribution in [2.45, 2.75) is 52.0 Å².